The molecule has 0 amide bonds. The van der Waals surface area contributed by atoms with Crippen molar-refractivity contribution >= 4 is 16.0 Å². The van der Waals surface area contributed by atoms with E-state index in [2.05, 4.69) is 20.3 Å². The predicted octanol–water partition coefficient (Wildman–Crippen LogP) is 1.34. The summed E-state index contributed by atoms with van der Waals surface area (Å²) in [5, 5.41) is 6.25. The molecule has 0 spiro atoms. The molecule has 7 nitrogen and oxygen atoms in total. The van der Waals surface area contributed by atoms with Gasteiger partial charge in [0.2, 0.25) is 10.0 Å². The Bertz CT molecular complexity index is 823. The molecule has 0 bridgehead atoms. The van der Waals surface area contributed by atoms with Crippen molar-refractivity contribution in [2.45, 2.75) is 11.4 Å². The minimum absolute atomic E-state index is 0.247. The lowest BCUT2D eigenvalue weighted by Gasteiger charge is -2.13. The van der Waals surface area contributed by atoms with E-state index in [0.717, 1.165) is 11.3 Å². The van der Waals surface area contributed by atoms with Gasteiger partial charge in [0.15, 0.2) is 5.96 Å². The van der Waals surface area contributed by atoms with E-state index < -0.39 is 10.0 Å². The highest BCUT2D eigenvalue weighted by atomic mass is 32.2. The minimum Gasteiger partial charge on any atom is -0.497 e. The van der Waals surface area contributed by atoms with Crippen molar-refractivity contribution in [3.63, 3.8) is 0 Å². The van der Waals surface area contributed by atoms with Crippen molar-refractivity contribution in [1.29, 1.82) is 0 Å². The van der Waals surface area contributed by atoms with Crippen molar-refractivity contribution in [2.24, 2.45) is 4.99 Å². The highest BCUT2D eigenvalue weighted by molar-refractivity contribution is 7.89. The molecule has 0 radical (unpaired) electrons. The lowest BCUT2D eigenvalue weighted by molar-refractivity contribution is 0.414. The van der Waals surface area contributed by atoms with E-state index in [9.17, 15) is 8.42 Å². The van der Waals surface area contributed by atoms with Crippen LogP contribution in [0.5, 0.6) is 5.75 Å². The van der Waals surface area contributed by atoms with Gasteiger partial charge in [-0.3, -0.25) is 4.99 Å². The standard InChI is InChI=1S/C18H24N4O3S/c1-19-18(21-14-15-7-6-8-16(13-15)25-2)20-11-12-22-26(23,24)17-9-4-3-5-10-17/h3-10,13,22H,11-12,14H2,1-2H3,(H2,19,20,21). The van der Waals surface area contributed by atoms with Gasteiger partial charge in [0.25, 0.3) is 0 Å². The molecular weight excluding hydrogens is 352 g/mol. The first-order chi connectivity index (χ1) is 12.5. The number of ether oxygens (including phenoxy) is 1. The fourth-order valence-electron chi connectivity index (χ4n) is 2.24. The van der Waals surface area contributed by atoms with Crippen LogP contribution >= 0.6 is 0 Å². The van der Waals surface area contributed by atoms with E-state index in [1.165, 1.54) is 0 Å². The number of methoxy groups -OCH3 is 1. The Morgan fingerprint density at radius 1 is 1.04 bits per heavy atom. The van der Waals surface area contributed by atoms with Gasteiger partial charge in [-0.05, 0) is 29.8 Å². The first-order valence-corrected chi connectivity index (χ1v) is 9.65. The molecular formula is C18H24N4O3S. The summed E-state index contributed by atoms with van der Waals surface area (Å²) in [6.07, 6.45) is 0. The molecule has 0 fully saturated rings. The molecule has 0 saturated carbocycles. The molecule has 0 aliphatic heterocycles. The zero-order valence-electron chi connectivity index (χ0n) is 14.9. The molecule has 3 N–H and O–H groups in total. The zero-order chi connectivity index (χ0) is 18.8. The largest absolute Gasteiger partial charge is 0.497 e. The van der Waals surface area contributed by atoms with Gasteiger partial charge in [0.05, 0.1) is 12.0 Å². The minimum atomic E-state index is -3.49. The second-order valence-electron chi connectivity index (χ2n) is 5.41. The molecule has 140 valence electrons. The quantitative estimate of drug-likeness (QED) is 0.367. The summed E-state index contributed by atoms with van der Waals surface area (Å²) >= 11 is 0. The Morgan fingerprint density at radius 2 is 1.81 bits per heavy atom. The van der Waals surface area contributed by atoms with E-state index in [1.54, 1.807) is 44.5 Å². The van der Waals surface area contributed by atoms with Crippen molar-refractivity contribution in [3.05, 3.63) is 60.2 Å². The van der Waals surface area contributed by atoms with E-state index in [-0.39, 0.29) is 11.4 Å². The average Bonchev–Trinajstić information content (AvgIpc) is 2.68. The monoisotopic (exact) mass is 376 g/mol. The summed E-state index contributed by atoms with van der Waals surface area (Å²) in [6.45, 7) is 1.23. The Balaban J connectivity index is 1.77. The third-order valence-electron chi connectivity index (χ3n) is 3.58. The molecule has 26 heavy (non-hydrogen) atoms. The van der Waals surface area contributed by atoms with Gasteiger partial charge in [-0.2, -0.15) is 0 Å². The van der Waals surface area contributed by atoms with Gasteiger partial charge in [-0.1, -0.05) is 30.3 Å². The van der Waals surface area contributed by atoms with Crippen LogP contribution in [0.1, 0.15) is 5.56 Å². The van der Waals surface area contributed by atoms with Gasteiger partial charge in [-0.25, -0.2) is 13.1 Å². The van der Waals surface area contributed by atoms with Gasteiger partial charge < -0.3 is 15.4 Å². The third-order valence-corrected chi connectivity index (χ3v) is 5.06. The number of rotatable bonds is 8. The second kappa shape index (κ2) is 9.79. The van der Waals surface area contributed by atoms with Crippen LogP contribution in [0.25, 0.3) is 0 Å². The van der Waals surface area contributed by atoms with Crippen molar-refractivity contribution in [3.8, 4) is 5.75 Å². The van der Waals surface area contributed by atoms with E-state index in [1.807, 2.05) is 24.3 Å². The fourth-order valence-corrected chi connectivity index (χ4v) is 3.29. The van der Waals surface area contributed by atoms with E-state index in [4.69, 9.17) is 4.74 Å². The fraction of sp³-hybridized carbons (Fsp3) is 0.278. The summed E-state index contributed by atoms with van der Waals surface area (Å²) in [6, 6.07) is 16.0. The first-order valence-electron chi connectivity index (χ1n) is 8.17. The number of nitrogens with zero attached hydrogens (tertiary/aromatic N) is 1. The number of guanidine groups is 1. The number of hydrogen-bond donors (Lipinski definition) is 3. The van der Waals surface area contributed by atoms with Crippen LogP contribution in [0.3, 0.4) is 0 Å². The Morgan fingerprint density at radius 3 is 2.50 bits per heavy atom. The molecule has 0 aliphatic carbocycles. The van der Waals surface area contributed by atoms with Crippen LogP contribution in [-0.2, 0) is 16.6 Å². The number of aliphatic imine (C=N–C) groups is 1. The summed E-state index contributed by atoms with van der Waals surface area (Å²) in [7, 11) is -0.202. The summed E-state index contributed by atoms with van der Waals surface area (Å²) in [5.74, 6) is 1.38. The van der Waals surface area contributed by atoms with Crippen molar-refractivity contribution < 1.29 is 13.2 Å². The van der Waals surface area contributed by atoms with Crippen molar-refractivity contribution in [2.75, 3.05) is 27.2 Å². The third kappa shape index (κ3) is 6.05. The van der Waals surface area contributed by atoms with Gasteiger partial charge >= 0.3 is 0 Å². The Hall–Kier alpha value is -2.58. The summed E-state index contributed by atoms with van der Waals surface area (Å²) in [4.78, 5) is 4.37. The summed E-state index contributed by atoms with van der Waals surface area (Å²) in [5.41, 5.74) is 1.05. The molecule has 0 aliphatic rings. The van der Waals surface area contributed by atoms with Crippen LogP contribution in [-0.4, -0.2) is 41.6 Å². The predicted molar refractivity (Wildman–Crippen MR) is 103 cm³/mol. The molecule has 2 rings (SSSR count). The Kier molecular flexibility index (Phi) is 7.43. The van der Waals surface area contributed by atoms with Crippen LogP contribution in [0.4, 0.5) is 0 Å². The van der Waals surface area contributed by atoms with Crippen LogP contribution in [0, 0.1) is 0 Å². The van der Waals surface area contributed by atoms with Crippen LogP contribution in [0.15, 0.2) is 64.5 Å². The highest BCUT2D eigenvalue weighted by Crippen LogP contribution is 2.12. The SMILES string of the molecule is CN=C(NCCNS(=O)(=O)c1ccccc1)NCc1cccc(OC)c1. The Labute approximate surface area is 154 Å². The van der Waals surface area contributed by atoms with Gasteiger partial charge in [0, 0.05) is 26.7 Å². The summed E-state index contributed by atoms with van der Waals surface area (Å²) < 4.78 is 32.0. The molecule has 2 aromatic rings. The number of benzene rings is 2. The maximum atomic E-state index is 12.1. The van der Waals surface area contributed by atoms with E-state index >= 15 is 0 Å². The maximum absolute atomic E-state index is 12.1. The lowest BCUT2D eigenvalue weighted by atomic mass is 10.2. The molecule has 0 aromatic heterocycles. The van der Waals surface area contributed by atoms with Gasteiger partial charge in [0.1, 0.15) is 5.75 Å². The smallest absolute Gasteiger partial charge is 0.240 e. The molecule has 2 aromatic carbocycles. The molecule has 0 atom stereocenters. The highest BCUT2D eigenvalue weighted by Gasteiger charge is 2.12. The normalized spacial score (nSPS) is 11.8. The number of nitrogens with one attached hydrogen (secondary N) is 3. The number of sulfonamides is 1. The molecule has 0 saturated heterocycles. The molecule has 0 unspecified atom stereocenters. The first kappa shape index (κ1) is 19.7. The van der Waals surface area contributed by atoms with E-state index in [0.29, 0.717) is 19.0 Å². The average molecular weight is 376 g/mol. The molecule has 0 heterocycles. The van der Waals surface area contributed by atoms with Crippen LogP contribution in [0.2, 0.25) is 0 Å². The lowest BCUT2D eigenvalue weighted by Crippen LogP contribution is -2.41. The maximum Gasteiger partial charge on any atom is 0.240 e. The topological polar surface area (TPSA) is 91.8 Å². The van der Waals surface area contributed by atoms with Gasteiger partial charge in [-0.15, -0.1) is 0 Å². The second-order valence-corrected chi connectivity index (χ2v) is 7.18. The molecule has 8 heteroatoms. The number of hydrogen-bond acceptors (Lipinski definition) is 4. The zero-order valence-corrected chi connectivity index (χ0v) is 15.7. The van der Waals surface area contributed by atoms with Crippen LogP contribution < -0.4 is 20.1 Å². The van der Waals surface area contributed by atoms with Crippen molar-refractivity contribution in [1.82, 2.24) is 15.4 Å².